The molecule has 1 aliphatic rings. The number of rotatable bonds is 12. The molecule has 37 heavy (non-hydrogen) atoms. The molecule has 2 heterocycles. The van der Waals surface area contributed by atoms with E-state index in [1.54, 1.807) is 6.08 Å². The first-order valence-corrected chi connectivity index (χ1v) is 16.1. The maximum Gasteiger partial charge on any atom is 0.283 e. The third kappa shape index (κ3) is 7.16. The van der Waals surface area contributed by atoms with Crippen molar-refractivity contribution in [2.75, 3.05) is 23.0 Å². The summed E-state index contributed by atoms with van der Waals surface area (Å²) in [6.07, 6.45) is 2.56. The smallest absolute Gasteiger partial charge is 0.283 e. The average Bonchev–Trinajstić information content (AvgIpc) is 3.36. The second-order valence-electron chi connectivity index (χ2n) is 8.35. The Bertz CT molecular complexity index is 1550. The van der Waals surface area contributed by atoms with E-state index in [4.69, 9.17) is 11.3 Å². The third-order valence-electron chi connectivity index (χ3n) is 5.66. The minimum Gasteiger partial charge on any atom is -0.748 e. The van der Waals surface area contributed by atoms with Crippen molar-refractivity contribution >= 4 is 65.0 Å². The van der Waals surface area contributed by atoms with E-state index >= 15 is 0 Å². The van der Waals surface area contributed by atoms with Crippen molar-refractivity contribution in [3.05, 3.63) is 64.6 Å². The highest BCUT2D eigenvalue weighted by atomic mass is 32.2. The van der Waals surface area contributed by atoms with Crippen molar-refractivity contribution in [3.63, 3.8) is 0 Å². The molecule has 14 heteroatoms. The first-order chi connectivity index (χ1) is 17.6. The summed E-state index contributed by atoms with van der Waals surface area (Å²) < 4.78 is 63.6. The fourth-order valence-corrected chi connectivity index (χ4v) is 7.49. The molecule has 3 N–H and O–H groups in total. The second kappa shape index (κ2) is 11.6. The molecule has 2 aromatic carbocycles. The van der Waals surface area contributed by atoms with Crippen molar-refractivity contribution in [1.29, 1.82) is 5.41 Å². The number of allylic oxidation sites excluding steroid dienone is 1. The zero-order chi connectivity index (χ0) is 26.6. The van der Waals surface area contributed by atoms with Gasteiger partial charge in [-0.1, -0.05) is 47.4 Å². The number of benzene rings is 2. The van der Waals surface area contributed by atoms with E-state index in [-0.39, 0.29) is 18.6 Å². The Morgan fingerprint density at radius 1 is 1.08 bits per heavy atom. The lowest BCUT2D eigenvalue weighted by atomic mass is 10.2. The van der Waals surface area contributed by atoms with E-state index in [1.807, 2.05) is 58.0 Å². The van der Waals surface area contributed by atoms with Crippen LogP contribution in [0.1, 0.15) is 17.8 Å². The molecular weight excluding hydrogens is 557 g/mol. The van der Waals surface area contributed by atoms with Crippen LogP contribution in [-0.4, -0.2) is 45.2 Å². The van der Waals surface area contributed by atoms with E-state index in [0.29, 0.717) is 25.2 Å². The number of nitrogens with two attached hydrogens (primary N) is 1. The summed E-state index contributed by atoms with van der Waals surface area (Å²) in [7, 11) is -8.09. The predicted molar refractivity (Wildman–Crippen MR) is 144 cm³/mol. The molecule has 4 rings (SSSR count). The number of aromatic nitrogens is 1. The molecule has 0 aliphatic carbocycles. The van der Waals surface area contributed by atoms with Crippen molar-refractivity contribution in [2.45, 2.75) is 30.7 Å². The van der Waals surface area contributed by atoms with Crippen LogP contribution >= 0.6 is 23.1 Å². The van der Waals surface area contributed by atoms with E-state index in [9.17, 15) is 21.4 Å². The van der Waals surface area contributed by atoms with Gasteiger partial charge in [0, 0.05) is 35.4 Å². The number of nitrogens with one attached hydrogen (secondary N) is 1. The molecule has 198 valence electrons. The molecule has 0 fully saturated rings. The third-order valence-corrected chi connectivity index (χ3v) is 9.81. The zero-order valence-corrected chi connectivity index (χ0v) is 23.0. The lowest BCUT2D eigenvalue weighted by molar-refractivity contribution is -0.673. The molecule has 1 aliphatic heterocycles. The Balaban J connectivity index is 1.55. The normalized spacial score (nSPS) is 15.0. The van der Waals surface area contributed by atoms with Crippen molar-refractivity contribution in [2.24, 2.45) is 5.90 Å². The predicted octanol–water partition coefficient (Wildman–Crippen LogP) is 2.75. The molecule has 0 unspecified atom stereocenters. The fraction of sp³-hybridized carbons (Fsp3) is 0.304. The fourth-order valence-electron chi connectivity index (χ4n) is 4.06. The lowest BCUT2D eigenvalue weighted by Crippen LogP contribution is -2.38. The number of aryl methyl sites for hydroxylation is 1. The number of nitrogens with zero attached hydrogens (tertiary/aromatic N) is 2. The van der Waals surface area contributed by atoms with Crippen molar-refractivity contribution in [1.82, 2.24) is 0 Å². The number of thioether (sulfide) groups is 1. The Morgan fingerprint density at radius 3 is 2.57 bits per heavy atom. The first kappa shape index (κ1) is 27.7. The van der Waals surface area contributed by atoms with E-state index in [1.165, 1.54) is 23.1 Å². The number of fused-ring (bicyclic) bond motifs is 2. The van der Waals surface area contributed by atoms with Crippen molar-refractivity contribution in [3.8, 4) is 0 Å². The van der Waals surface area contributed by atoms with Gasteiger partial charge < -0.3 is 14.9 Å². The van der Waals surface area contributed by atoms with Gasteiger partial charge in [0.1, 0.15) is 4.70 Å². The highest BCUT2D eigenvalue weighted by Crippen LogP contribution is 2.45. The summed E-state index contributed by atoms with van der Waals surface area (Å²) >= 11 is 3.04. The Labute approximate surface area is 224 Å². The van der Waals surface area contributed by atoms with Gasteiger partial charge in [0.2, 0.25) is 10.5 Å². The Morgan fingerprint density at radius 2 is 1.81 bits per heavy atom. The Kier molecular flexibility index (Phi) is 8.68. The summed E-state index contributed by atoms with van der Waals surface area (Å²) in [6.45, 7) is 0.757. The molecule has 0 saturated heterocycles. The topological polar surface area (TPSA) is 158 Å². The molecule has 1 aromatic heterocycles. The van der Waals surface area contributed by atoms with Crippen molar-refractivity contribution < 1.29 is 30.2 Å². The monoisotopic (exact) mass is 582 g/mol. The summed E-state index contributed by atoms with van der Waals surface area (Å²) in [5, 5.41) is 10.4. The second-order valence-corrected chi connectivity index (χ2v) is 13.8. The first-order valence-electron chi connectivity index (χ1n) is 11.3. The van der Waals surface area contributed by atoms with E-state index in [2.05, 4.69) is 4.28 Å². The SMILES string of the molecule is N=C(/C=C1\Sc2ccccc2N1CCCS(=O)(=O)ON)Cc1sc2ccccc2[n+]1CCCS(=O)(=O)[O-]. The van der Waals surface area contributed by atoms with Crippen LogP contribution in [0.25, 0.3) is 10.2 Å². The molecular formula is C23H26N4O6S4. The molecule has 0 bridgehead atoms. The van der Waals surface area contributed by atoms with Crippen LogP contribution in [0, 0.1) is 5.41 Å². The molecule has 0 radical (unpaired) electrons. The maximum absolute atomic E-state index is 11.6. The summed E-state index contributed by atoms with van der Waals surface area (Å²) in [4.78, 5) is 2.99. The number of thiazole rings is 1. The van der Waals surface area contributed by atoms with Gasteiger partial charge >= 0.3 is 0 Å². The lowest BCUT2D eigenvalue weighted by Gasteiger charge is -2.20. The summed E-state index contributed by atoms with van der Waals surface area (Å²) in [5.74, 6) is 4.18. The number of hydrogen-bond acceptors (Lipinski definition) is 11. The highest BCUT2D eigenvalue weighted by molar-refractivity contribution is 8.03. The number of hydrogen-bond donors (Lipinski definition) is 2. The maximum atomic E-state index is 11.6. The van der Waals surface area contributed by atoms with Gasteiger partial charge in [-0.25, -0.2) is 8.42 Å². The van der Waals surface area contributed by atoms with Crippen LogP contribution in [0.3, 0.4) is 0 Å². The highest BCUT2D eigenvalue weighted by Gasteiger charge is 2.27. The summed E-state index contributed by atoms with van der Waals surface area (Å²) in [6, 6.07) is 15.5. The standard InChI is InChI=1S/C23H26N4O6S4/c24-17(15-22-26(11-5-13-36(28,29)30)18-7-1-3-9-20(18)34-22)16-23-27(12-6-14-37(31,32)33-25)19-8-2-4-10-21(19)35-23/h1-4,7-10,16,24H,5-6,11-15,25H2/b23-16-,24-17?. The van der Waals surface area contributed by atoms with Crippen LogP contribution in [0.4, 0.5) is 5.69 Å². The number of para-hydroxylation sites is 2. The molecule has 0 spiro atoms. The molecule has 10 nitrogen and oxygen atoms in total. The van der Waals surface area contributed by atoms with Crippen LogP contribution in [0.2, 0.25) is 0 Å². The molecule has 0 atom stereocenters. The summed E-state index contributed by atoms with van der Waals surface area (Å²) in [5.41, 5.74) is 2.21. The van der Waals surface area contributed by atoms with Gasteiger partial charge in [0.05, 0.1) is 33.0 Å². The van der Waals surface area contributed by atoms with Gasteiger partial charge in [-0.15, -0.1) is 0 Å². The van der Waals surface area contributed by atoms with E-state index in [0.717, 1.165) is 30.8 Å². The average molecular weight is 583 g/mol. The van der Waals surface area contributed by atoms with Gasteiger partial charge in [-0.2, -0.15) is 23.2 Å². The van der Waals surface area contributed by atoms with Gasteiger partial charge in [-0.3, -0.25) is 0 Å². The van der Waals surface area contributed by atoms with Gasteiger partial charge in [0.25, 0.3) is 10.1 Å². The molecule has 0 amide bonds. The molecule has 3 aromatic rings. The Hall–Kier alpha value is -2.33. The van der Waals surface area contributed by atoms with Gasteiger partial charge in [-0.05, 0) is 30.7 Å². The quantitative estimate of drug-likeness (QED) is 0.142. The number of anilines is 1. The zero-order valence-electron chi connectivity index (χ0n) is 19.7. The van der Waals surface area contributed by atoms with Gasteiger partial charge in [0.15, 0.2) is 6.54 Å². The minimum atomic E-state index is -4.31. The molecule has 0 saturated carbocycles. The van der Waals surface area contributed by atoms with Crippen LogP contribution in [0.5, 0.6) is 0 Å². The van der Waals surface area contributed by atoms with Crippen LogP contribution < -0.4 is 15.4 Å². The van der Waals surface area contributed by atoms with Crippen LogP contribution in [0.15, 0.2) is 64.5 Å². The van der Waals surface area contributed by atoms with Crippen LogP contribution in [-0.2, 0) is 37.5 Å². The van der Waals surface area contributed by atoms with E-state index < -0.39 is 26.0 Å². The largest absolute Gasteiger partial charge is 0.748 e. The minimum absolute atomic E-state index is 0.188.